The Bertz CT molecular complexity index is 1440. The number of hydrogen-bond donors (Lipinski definition) is 1. The third-order valence-corrected chi connectivity index (χ3v) is 7.90. The molecule has 12 nitrogen and oxygen atoms in total. The van der Waals surface area contributed by atoms with Crippen molar-refractivity contribution in [1.82, 2.24) is 4.90 Å². The predicted octanol–water partition coefficient (Wildman–Crippen LogP) is 2.61. The van der Waals surface area contributed by atoms with Gasteiger partial charge in [-0.25, -0.2) is 0 Å². The van der Waals surface area contributed by atoms with E-state index in [9.17, 15) is 24.3 Å². The lowest BCUT2D eigenvalue weighted by atomic mass is 9.77. The van der Waals surface area contributed by atoms with E-state index in [1.807, 2.05) is 18.2 Å². The molecule has 0 aromatic heterocycles. The van der Waals surface area contributed by atoms with Crippen molar-refractivity contribution in [3.8, 4) is 22.6 Å². The van der Waals surface area contributed by atoms with Gasteiger partial charge in [0.05, 0.1) is 0 Å². The summed E-state index contributed by atoms with van der Waals surface area (Å²) in [6.07, 6.45) is -5.16. The maximum Gasteiger partial charge on any atom is 0.303 e. The summed E-state index contributed by atoms with van der Waals surface area (Å²) >= 11 is 0. The first-order valence-electron chi connectivity index (χ1n) is 14.1. The molecule has 3 aliphatic rings. The molecule has 6 atom stereocenters. The lowest BCUT2D eigenvalue weighted by Crippen LogP contribution is -2.63. The van der Waals surface area contributed by atoms with Gasteiger partial charge in [0.15, 0.2) is 23.7 Å². The molecule has 2 aliphatic heterocycles. The maximum atomic E-state index is 12.2. The zero-order valence-corrected chi connectivity index (χ0v) is 24.7. The van der Waals surface area contributed by atoms with Crippen molar-refractivity contribution in [1.29, 1.82) is 0 Å². The van der Waals surface area contributed by atoms with Crippen LogP contribution in [-0.4, -0.2) is 84.8 Å². The Morgan fingerprint density at radius 1 is 0.884 bits per heavy atom. The number of carbonyl (C=O) groups excluding carboxylic acids is 4. The van der Waals surface area contributed by atoms with Gasteiger partial charge >= 0.3 is 23.9 Å². The number of fused-ring (bicyclic) bond motifs is 2. The normalized spacial score (nSPS) is 25.9. The van der Waals surface area contributed by atoms with Crippen molar-refractivity contribution in [3.05, 3.63) is 47.0 Å². The molecule has 2 aromatic carbocycles. The van der Waals surface area contributed by atoms with Crippen LogP contribution >= 0.6 is 0 Å². The number of likely N-dealkylation sites (N-methyl/N-ethyl adjacent to an activating group) is 1. The first kappa shape index (κ1) is 30.3. The molecule has 12 heteroatoms. The van der Waals surface area contributed by atoms with Crippen molar-refractivity contribution in [2.45, 2.75) is 77.3 Å². The summed E-state index contributed by atoms with van der Waals surface area (Å²) in [6, 6.07) is 9.70. The third kappa shape index (κ3) is 6.16. The average Bonchev–Trinajstić information content (AvgIpc) is 2.93. The zero-order chi connectivity index (χ0) is 31.0. The Hall–Kier alpha value is -4.16. The molecule has 1 fully saturated rings. The van der Waals surface area contributed by atoms with Gasteiger partial charge in [-0.2, -0.15) is 0 Å². The van der Waals surface area contributed by atoms with E-state index >= 15 is 0 Å². The molecule has 0 amide bonds. The van der Waals surface area contributed by atoms with Crippen LogP contribution in [0.1, 0.15) is 50.4 Å². The van der Waals surface area contributed by atoms with E-state index in [2.05, 4.69) is 18.0 Å². The topological polar surface area (TPSA) is 147 Å². The summed E-state index contributed by atoms with van der Waals surface area (Å²) in [6.45, 7) is 5.18. The number of esters is 4. The van der Waals surface area contributed by atoms with E-state index in [4.69, 9.17) is 28.4 Å². The van der Waals surface area contributed by atoms with Crippen LogP contribution < -0.4 is 4.74 Å². The monoisotopic (exact) mass is 597 g/mol. The quantitative estimate of drug-likeness (QED) is 0.370. The average molecular weight is 598 g/mol. The first-order valence-corrected chi connectivity index (χ1v) is 14.1. The van der Waals surface area contributed by atoms with Crippen LogP contribution in [0.4, 0.5) is 0 Å². The number of aromatic hydroxyl groups is 1. The Labute approximate surface area is 248 Å². The maximum absolute atomic E-state index is 12.2. The number of phenols is 1. The van der Waals surface area contributed by atoms with E-state index in [1.54, 1.807) is 6.07 Å². The molecule has 230 valence electrons. The highest BCUT2D eigenvalue weighted by molar-refractivity contribution is 5.82. The molecular weight excluding hydrogens is 562 g/mol. The fourth-order valence-electron chi connectivity index (χ4n) is 6.17. The SMILES string of the molecule is CC(=O)OCC1OC(Oc2ccc3c(c2O)-c2cccc4c2[C@@H](C3)N(C)CC4)C(OC(C)=O)C(OC(C)=O)C1OC(C)=O. The van der Waals surface area contributed by atoms with Crippen LogP contribution in [0.3, 0.4) is 0 Å². The first-order chi connectivity index (χ1) is 20.4. The fourth-order valence-corrected chi connectivity index (χ4v) is 6.17. The Kier molecular flexibility index (Phi) is 8.61. The molecule has 43 heavy (non-hydrogen) atoms. The molecular formula is C31H35NO11. The van der Waals surface area contributed by atoms with E-state index < -0.39 is 54.6 Å². The number of ether oxygens (including phenoxy) is 6. The Balaban J connectivity index is 1.54. The summed E-state index contributed by atoms with van der Waals surface area (Å²) in [5, 5.41) is 11.6. The number of nitrogens with zero attached hydrogens (tertiary/aromatic N) is 1. The van der Waals surface area contributed by atoms with Crippen LogP contribution in [0.5, 0.6) is 11.5 Å². The van der Waals surface area contributed by atoms with E-state index in [-0.39, 0.29) is 24.1 Å². The van der Waals surface area contributed by atoms with Gasteiger partial charge in [0.2, 0.25) is 12.4 Å². The summed E-state index contributed by atoms with van der Waals surface area (Å²) in [7, 11) is 2.09. The molecule has 5 rings (SSSR count). The molecule has 0 bridgehead atoms. The van der Waals surface area contributed by atoms with Gasteiger partial charge in [0.25, 0.3) is 0 Å². The molecule has 2 heterocycles. The number of rotatable bonds is 7. The third-order valence-electron chi connectivity index (χ3n) is 7.90. The summed E-state index contributed by atoms with van der Waals surface area (Å²) in [5.41, 5.74) is 4.88. The van der Waals surface area contributed by atoms with Crippen molar-refractivity contribution >= 4 is 23.9 Å². The highest BCUT2D eigenvalue weighted by Gasteiger charge is 2.53. The fraction of sp³-hybridized carbons (Fsp3) is 0.484. The van der Waals surface area contributed by atoms with Crippen LogP contribution in [-0.2, 0) is 55.7 Å². The second kappa shape index (κ2) is 12.2. The minimum atomic E-state index is -1.46. The number of carbonyl (C=O) groups is 4. The molecule has 1 N–H and O–H groups in total. The highest BCUT2D eigenvalue weighted by atomic mass is 16.7. The Morgan fingerprint density at radius 2 is 1.56 bits per heavy atom. The molecule has 1 aliphatic carbocycles. The molecule has 0 saturated carbocycles. The van der Waals surface area contributed by atoms with Crippen LogP contribution in [0.15, 0.2) is 30.3 Å². The van der Waals surface area contributed by atoms with E-state index in [1.165, 1.54) is 18.1 Å². The lowest BCUT2D eigenvalue weighted by molar-refractivity contribution is -0.288. The Morgan fingerprint density at radius 3 is 2.23 bits per heavy atom. The molecule has 2 aromatic rings. The van der Waals surface area contributed by atoms with E-state index in [0.717, 1.165) is 44.9 Å². The standard InChI is InChI=1S/C31H35NO11/c1-15(33)38-14-24-28(39-16(2)34)29(40-17(3)35)30(41-18(4)36)31(43-24)42-23-10-9-20-13-22-25-19(11-12-32(22)5)7-6-8-21(25)26(20)27(23)37/h6-10,22,24,28-31,37H,11-14H2,1-5H3/t22-,24?,28?,29?,30?,31?/m1/s1. The van der Waals surface area contributed by atoms with Crippen LogP contribution in [0, 0.1) is 0 Å². The smallest absolute Gasteiger partial charge is 0.303 e. The summed E-state index contributed by atoms with van der Waals surface area (Å²) < 4.78 is 33.8. The van der Waals surface area contributed by atoms with Crippen LogP contribution in [0.25, 0.3) is 11.1 Å². The summed E-state index contributed by atoms with van der Waals surface area (Å²) in [5.74, 6) is -2.97. The van der Waals surface area contributed by atoms with Gasteiger partial charge in [-0.05, 0) is 48.2 Å². The van der Waals surface area contributed by atoms with Gasteiger partial charge in [-0.15, -0.1) is 0 Å². The van der Waals surface area contributed by atoms with Crippen molar-refractivity contribution in [3.63, 3.8) is 0 Å². The molecule has 5 unspecified atom stereocenters. The highest BCUT2D eigenvalue weighted by Crippen LogP contribution is 2.50. The van der Waals surface area contributed by atoms with E-state index in [0.29, 0.717) is 12.0 Å². The molecule has 0 spiro atoms. The summed E-state index contributed by atoms with van der Waals surface area (Å²) in [4.78, 5) is 50.3. The molecule has 0 radical (unpaired) electrons. The van der Waals surface area contributed by atoms with Crippen molar-refractivity contribution < 1.29 is 52.7 Å². The van der Waals surface area contributed by atoms with Crippen molar-refractivity contribution in [2.24, 2.45) is 0 Å². The van der Waals surface area contributed by atoms with Gasteiger partial charge in [-0.3, -0.25) is 24.1 Å². The minimum Gasteiger partial charge on any atom is -0.504 e. The zero-order valence-electron chi connectivity index (χ0n) is 24.7. The second-order valence-corrected chi connectivity index (χ2v) is 11.0. The predicted molar refractivity (Wildman–Crippen MR) is 149 cm³/mol. The minimum absolute atomic E-state index is 0.0277. The largest absolute Gasteiger partial charge is 0.504 e. The second-order valence-electron chi connectivity index (χ2n) is 11.0. The number of benzene rings is 2. The number of phenolic OH excluding ortho intramolecular Hbond substituents is 1. The van der Waals surface area contributed by atoms with Gasteiger partial charge in [-0.1, -0.05) is 24.3 Å². The van der Waals surface area contributed by atoms with Gasteiger partial charge in [0.1, 0.15) is 12.7 Å². The lowest BCUT2D eigenvalue weighted by Gasteiger charge is -2.44. The molecule has 1 saturated heterocycles. The van der Waals surface area contributed by atoms with Gasteiger partial charge in [0, 0.05) is 45.8 Å². The van der Waals surface area contributed by atoms with Crippen molar-refractivity contribution in [2.75, 3.05) is 20.2 Å². The van der Waals surface area contributed by atoms with Gasteiger partial charge < -0.3 is 33.5 Å². The van der Waals surface area contributed by atoms with Crippen LogP contribution in [0.2, 0.25) is 0 Å². The number of hydrogen-bond acceptors (Lipinski definition) is 12.